The summed E-state index contributed by atoms with van der Waals surface area (Å²) in [5.74, 6) is -2.47. The molecule has 0 saturated carbocycles. The number of aliphatic carboxylic acids is 1. The number of carboxylic acids is 1. The summed E-state index contributed by atoms with van der Waals surface area (Å²) in [5, 5.41) is 23.4. The van der Waals surface area contributed by atoms with Gasteiger partial charge in [0.2, 0.25) is 11.8 Å². The monoisotopic (exact) mass is 335 g/mol. The standard InChI is InChI=1S/C13H25N3O5S/c1-6(2)4-9(13(20)21)15-12(19)10(7(3)17)16-11(18)8(14)5-22/h6-10,17,22H,4-5,14H2,1-3H3,(H,15,19)(H,16,18)(H,20,21)/t7-,8+,9+,10+/m1/s1. The fourth-order valence-electron chi connectivity index (χ4n) is 1.70. The third kappa shape index (κ3) is 7.10. The number of carbonyl (C=O) groups is 3. The van der Waals surface area contributed by atoms with Crippen LogP contribution in [0.4, 0.5) is 0 Å². The molecule has 0 rings (SSSR count). The summed E-state index contributed by atoms with van der Waals surface area (Å²) in [7, 11) is 0. The van der Waals surface area contributed by atoms with Crippen LogP contribution < -0.4 is 16.4 Å². The molecule has 0 heterocycles. The summed E-state index contributed by atoms with van der Waals surface area (Å²) in [6.07, 6.45) is -0.970. The van der Waals surface area contributed by atoms with Crippen molar-refractivity contribution in [3.8, 4) is 0 Å². The van der Waals surface area contributed by atoms with Crippen LogP contribution in [0.2, 0.25) is 0 Å². The molecule has 22 heavy (non-hydrogen) atoms. The van der Waals surface area contributed by atoms with Gasteiger partial charge in [0, 0.05) is 5.75 Å². The molecule has 2 amide bonds. The van der Waals surface area contributed by atoms with Crippen LogP contribution in [0.25, 0.3) is 0 Å². The molecule has 9 heteroatoms. The first-order valence-electron chi connectivity index (χ1n) is 6.98. The number of thiol groups is 1. The molecule has 6 N–H and O–H groups in total. The van der Waals surface area contributed by atoms with Gasteiger partial charge in [0.05, 0.1) is 12.1 Å². The molecule has 0 aliphatic carbocycles. The average molecular weight is 335 g/mol. The fourth-order valence-corrected chi connectivity index (χ4v) is 1.87. The van der Waals surface area contributed by atoms with Gasteiger partial charge in [-0.05, 0) is 19.3 Å². The van der Waals surface area contributed by atoms with Gasteiger partial charge < -0.3 is 26.6 Å². The molecule has 0 bridgehead atoms. The SMILES string of the molecule is CC(C)C[C@H](NC(=O)[C@@H](NC(=O)[C@@H](N)CS)[C@@H](C)O)C(=O)O. The first kappa shape index (κ1) is 20.7. The summed E-state index contributed by atoms with van der Waals surface area (Å²) in [6, 6.07) is -3.31. The van der Waals surface area contributed by atoms with E-state index < -0.39 is 42.0 Å². The third-order valence-corrected chi connectivity index (χ3v) is 3.31. The number of amides is 2. The van der Waals surface area contributed by atoms with Gasteiger partial charge in [0.1, 0.15) is 12.1 Å². The van der Waals surface area contributed by atoms with Crippen LogP contribution in [0, 0.1) is 5.92 Å². The Morgan fingerprint density at radius 1 is 1.14 bits per heavy atom. The van der Waals surface area contributed by atoms with Crippen molar-refractivity contribution in [2.75, 3.05) is 5.75 Å². The highest BCUT2D eigenvalue weighted by atomic mass is 32.1. The third-order valence-electron chi connectivity index (χ3n) is 2.92. The number of nitrogens with one attached hydrogen (secondary N) is 2. The van der Waals surface area contributed by atoms with Crippen molar-refractivity contribution < 1.29 is 24.6 Å². The number of carbonyl (C=O) groups excluding carboxylic acids is 2. The number of hydrogen-bond acceptors (Lipinski definition) is 6. The van der Waals surface area contributed by atoms with Gasteiger partial charge in [-0.15, -0.1) is 0 Å². The van der Waals surface area contributed by atoms with Gasteiger partial charge in [-0.3, -0.25) is 9.59 Å². The quantitative estimate of drug-likeness (QED) is 0.290. The fraction of sp³-hybridized carbons (Fsp3) is 0.769. The van der Waals surface area contributed by atoms with E-state index in [-0.39, 0.29) is 18.1 Å². The van der Waals surface area contributed by atoms with Crippen molar-refractivity contribution in [2.45, 2.75) is 51.4 Å². The van der Waals surface area contributed by atoms with Gasteiger partial charge in [-0.2, -0.15) is 12.6 Å². The van der Waals surface area contributed by atoms with E-state index in [1.54, 1.807) is 0 Å². The van der Waals surface area contributed by atoms with Crippen molar-refractivity contribution in [1.29, 1.82) is 0 Å². The Morgan fingerprint density at radius 2 is 1.68 bits per heavy atom. The molecule has 0 aromatic rings. The maximum absolute atomic E-state index is 12.1. The molecular formula is C13H25N3O5S. The Bertz CT molecular complexity index is 403. The van der Waals surface area contributed by atoms with Crippen molar-refractivity contribution >= 4 is 30.4 Å². The Kier molecular flexibility index (Phi) is 9.07. The topological polar surface area (TPSA) is 142 Å². The van der Waals surface area contributed by atoms with Crippen molar-refractivity contribution in [2.24, 2.45) is 11.7 Å². The van der Waals surface area contributed by atoms with Crippen molar-refractivity contribution in [3.05, 3.63) is 0 Å². The lowest BCUT2D eigenvalue weighted by molar-refractivity contribution is -0.143. The Balaban J connectivity index is 4.91. The van der Waals surface area contributed by atoms with Crippen LogP contribution >= 0.6 is 12.6 Å². The summed E-state index contributed by atoms with van der Waals surface area (Å²) < 4.78 is 0. The van der Waals surface area contributed by atoms with E-state index in [2.05, 4.69) is 23.3 Å². The zero-order valence-electron chi connectivity index (χ0n) is 12.9. The molecule has 4 atom stereocenters. The number of aliphatic hydroxyl groups excluding tert-OH is 1. The molecule has 128 valence electrons. The van der Waals surface area contributed by atoms with E-state index in [1.807, 2.05) is 13.8 Å². The molecule has 0 radical (unpaired) electrons. The highest BCUT2D eigenvalue weighted by Crippen LogP contribution is 2.06. The summed E-state index contributed by atoms with van der Waals surface area (Å²) in [4.78, 5) is 35.0. The van der Waals surface area contributed by atoms with E-state index in [9.17, 15) is 19.5 Å². The van der Waals surface area contributed by atoms with Crippen molar-refractivity contribution in [1.82, 2.24) is 10.6 Å². The van der Waals surface area contributed by atoms with E-state index in [0.717, 1.165) is 0 Å². The van der Waals surface area contributed by atoms with E-state index in [4.69, 9.17) is 10.8 Å². The summed E-state index contributed by atoms with van der Waals surface area (Å²) in [5.41, 5.74) is 5.48. The molecule has 0 spiro atoms. The van der Waals surface area contributed by atoms with Crippen LogP contribution in [-0.2, 0) is 14.4 Å². The number of aliphatic hydroxyl groups is 1. The average Bonchev–Trinajstić information content (AvgIpc) is 2.41. The van der Waals surface area contributed by atoms with Crippen LogP contribution in [0.5, 0.6) is 0 Å². The van der Waals surface area contributed by atoms with Crippen LogP contribution in [0.15, 0.2) is 0 Å². The number of rotatable bonds is 9. The molecule has 0 aliphatic heterocycles. The smallest absolute Gasteiger partial charge is 0.326 e. The first-order chi connectivity index (χ1) is 10.1. The number of carboxylic acid groups (broad SMARTS) is 1. The predicted molar refractivity (Wildman–Crippen MR) is 84.5 cm³/mol. The second kappa shape index (κ2) is 9.65. The lowest BCUT2D eigenvalue weighted by atomic mass is 10.0. The van der Waals surface area contributed by atoms with E-state index >= 15 is 0 Å². The number of nitrogens with two attached hydrogens (primary N) is 1. The zero-order chi connectivity index (χ0) is 17.4. The normalized spacial score (nSPS) is 16.5. The zero-order valence-corrected chi connectivity index (χ0v) is 13.8. The van der Waals surface area contributed by atoms with E-state index in [0.29, 0.717) is 0 Å². The maximum atomic E-state index is 12.1. The Hall–Kier alpha value is -1.32. The van der Waals surface area contributed by atoms with Gasteiger partial charge in [-0.25, -0.2) is 4.79 Å². The summed E-state index contributed by atoms with van der Waals surface area (Å²) >= 11 is 3.87. The molecular weight excluding hydrogens is 310 g/mol. The van der Waals surface area contributed by atoms with Gasteiger partial charge in [0.25, 0.3) is 0 Å². The maximum Gasteiger partial charge on any atom is 0.326 e. The van der Waals surface area contributed by atoms with Crippen LogP contribution in [0.1, 0.15) is 27.2 Å². The largest absolute Gasteiger partial charge is 0.480 e. The second-order valence-corrected chi connectivity index (χ2v) is 5.91. The van der Waals surface area contributed by atoms with Crippen LogP contribution in [0.3, 0.4) is 0 Å². The molecule has 8 nitrogen and oxygen atoms in total. The molecule has 0 aromatic heterocycles. The first-order valence-corrected chi connectivity index (χ1v) is 7.61. The lowest BCUT2D eigenvalue weighted by Gasteiger charge is -2.24. The Labute approximate surface area is 135 Å². The number of hydrogen-bond donors (Lipinski definition) is 6. The highest BCUT2D eigenvalue weighted by molar-refractivity contribution is 7.80. The lowest BCUT2D eigenvalue weighted by Crippen LogP contribution is -2.58. The minimum atomic E-state index is -1.28. The molecule has 0 saturated heterocycles. The van der Waals surface area contributed by atoms with Gasteiger partial charge in [-0.1, -0.05) is 13.8 Å². The van der Waals surface area contributed by atoms with Gasteiger partial charge >= 0.3 is 5.97 Å². The Morgan fingerprint density at radius 3 is 2.05 bits per heavy atom. The van der Waals surface area contributed by atoms with Crippen molar-refractivity contribution in [3.63, 3.8) is 0 Å². The molecule has 0 unspecified atom stereocenters. The van der Waals surface area contributed by atoms with E-state index in [1.165, 1.54) is 6.92 Å². The van der Waals surface area contributed by atoms with Gasteiger partial charge in [0.15, 0.2) is 0 Å². The minimum Gasteiger partial charge on any atom is -0.480 e. The molecule has 0 aromatic carbocycles. The molecule has 0 aliphatic rings. The minimum absolute atomic E-state index is 0.0543. The molecule has 0 fully saturated rings. The van der Waals surface area contributed by atoms with Crippen LogP contribution in [-0.4, -0.2) is 58.0 Å². The predicted octanol–water partition coefficient (Wildman–Crippen LogP) is -1.28. The summed E-state index contributed by atoms with van der Waals surface area (Å²) in [6.45, 7) is 4.96. The highest BCUT2D eigenvalue weighted by Gasteiger charge is 2.30. The second-order valence-electron chi connectivity index (χ2n) is 5.54.